The maximum Gasteiger partial charge on any atom is 0.573 e. The normalized spacial score (nSPS) is 11.7. The lowest BCUT2D eigenvalue weighted by Gasteiger charge is -2.16. The average Bonchev–Trinajstić information content (AvgIpc) is 3.23. The molecule has 6 aromatic carbocycles. The highest BCUT2D eigenvalue weighted by molar-refractivity contribution is 6.16. The standard InChI is InChI=1S/C47H32F6N2O8/c1-27-40(55)23-22-38(43(27)42(57)25-7-29-4-15-34(16-5-29)61-45(59)31-10-19-36(20-11-31)63-47(51,52)53)37-21-12-32(54)26-39(37)41(56)24-6-28-2-13-33(14-3-28)60-44(58)30-8-17-35(18-9-30)62-46(48,49)50/h2-26H,54-55H2,1H3. The minimum absolute atomic E-state index is 0.0136. The van der Waals surface area contributed by atoms with Crippen molar-refractivity contribution in [2.45, 2.75) is 19.6 Å². The van der Waals surface area contributed by atoms with E-state index in [0.29, 0.717) is 33.5 Å². The second-order valence-corrected chi connectivity index (χ2v) is 13.5. The number of ether oxygens (including phenoxy) is 4. The van der Waals surface area contributed by atoms with E-state index in [0.717, 1.165) is 48.5 Å². The molecular weight excluding hydrogens is 835 g/mol. The Morgan fingerprint density at radius 3 is 1.37 bits per heavy atom. The number of esters is 2. The van der Waals surface area contributed by atoms with Crippen molar-refractivity contribution in [1.29, 1.82) is 0 Å². The molecule has 0 heterocycles. The molecular formula is C47H32F6N2O8. The molecule has 4 N–H and O–H groups in total. The minimum atomic E-state index is -4.88. The summed E-state index contributed by atoms with van der Waals surface area (Å²) in [5.41, 5.74) is 15.7. The zero-order valence-electron chi connectivity index (χ0n) is 32.6. The van der Waals surface area contributed by atoms with Crippen molar-refractivity contribution in [2.24, 2.45) is 0 Å². The minimum Gasteiger partial charge on any atom is -0.423 e. The monoisotopic (exact) mass is 866 g/mol. The molecule has 6 aromatic rings. The number of anilines is 2. The molecule has 320 valence electrons. The number of halogens is 6. The van der Waals surface area contributed by atoms with E-state index >= 15 is 0 Å². The summed E-state index contributed by atoms with van der Waals surface area (Å²) in [6.07, 6.45) is -4.09. The molecule has 0 radical (unpaired) electrons. The van der Waals surface area contributed by atoms with Crippen LogP contribution in [0.1, 0.15) is 58.1 Å². The summed E-state index contributed by atoms with van der Waals surface area (Å²) in [5, 5.41) is 0. The van der Waals surface area contributed by atoms with E-state index in [1.54, 1.807) is 55.5 Å². The fourth-order valence-corrected chi connectivity index (χ4v) is 6.00. The van der Waals surface area contributed by atoms with Crippen LogP contribution in [0.5, 0.6) is 23.0 Å². The van der Waals surface area contributed by atoms with E-state index in [1.807, 2.05) is 0 Å². The summed E-state index contributed by atoms with van der Waals surface area (Å²) in [4.78, 5) is 52.7. The van der Waals surface area contributed by atoms with E-state index in [1.165, 1.54) is 54.6 Å². The predicted molar refractivity (Wildman–Crippen MR) is 221 cm³/mol. The van der Waals surface area contributed by atoms with Gasteiger partial charge in [0.1, 0.15) is 23.0 Å². The van der Waals surface area contributed by atoms with Crippen molar-refractivity contribution in [3.8, 4) is 34.1 Å². The van der Waals surface area contributed by atoms with Gasteiger partial charge in [-0.05, 0) is 138 Å². The van der Waals surface area contributed by atoms with Gasteiger partial charge in [0.15, 0.2) is 11.6 Å². The Bertz CT molecular complexity index is 2730. The van der Waals surface area contributed by atoms with Crippen LogP contribution in [-0.2, 0) is 0 Å². The second-order valence-electron chi connectivity index (χ2n) is 13.5. The van der Waals surface area contributed by atoms with Crippen molar-refractivity contribution in [3.63, 3.8) is 0 Å². The van der Waals surface area contributed by atoms with Gasteiger partial charge in [0.25, 0.3) is 0 Å². The Kier molecular flexibility index (Phi) is 13.1. The highest BCUT2D eigenvalue weighted by atomic mass is 19.4. The quantitative estimate of drug-likeness (QED) is 0.0286. The molecule has 16 heteroatoms. The first-order valence-electron chi connectivity index (χ1n) is 18.4. The Morgan fingerprint density at radius 1 is 0.508 bits per heavy atom. The molecule has 0 atom stereocenters. The first-order chi connectivity index (χ1) is 29.8. The first-order valence-corrected chi connectivity index (χ1v) is 18.4. The lowest BCUT2D eigenvalue weighted by molar-refractivity contribution is -0.275. The van der Waals surface area contributed by atoms with Crippen LogP contribution in [0, 0.1) is 6.92 Å². The Labute approximate surface area is 354 Å². The van der Waals surface area contributed by atoms with Crippen molar-refractivity contribution in [2.75, 3.05) is 11.5 Å². The van der Waals surface area contributed by atoms with Gasteiger partial charge in [-0.2, -0.15) is 0 Å². The third-order valence-corrected chi connectivity index (χ3v) is 9.04. The van der Waals surface area contributed by atoms with E-state index in [9.17, 15) is 45.5 Å². The van der Waals surface area contributed by atoms with Crippen LogP contribution in [0.4, 0.5) is 37.7 Å². The maximum absolute atomic E-state index is 13.9. The third-order valence-electron chi connectivity index (χ3n) is 9.04. The molecule has 0 aliphatic rings. The van der Waals surface area contributed by atoms with Crippen molar-refractivity contribution in [1.82, 2.24) is 0 Å². The van der Waals surface area contributed by atoms with E-state index in [-0.39, 0.29) is 39.4 Å². The summed E-state index contributed by atoms with van der Waals surface area (Å²) in [6.45, 7) is 1.67. The summed E-state index contributed by atoms with van der Waals surface area (Å²) < 4.78 is 93.0. The number of hydrogen-bond acceptors (Lipinski definition) is 10. The summed E-state index contributed by atoms with van der Waals surface area (Å²) in [6, 6.07) is 28.5. The van der Waals surface area contributed by atoms with Crippen LogP contribution in [0.25, 0.3) is 23.3 Å². The van der Waals surface area contributed by atoms with Gasteiger partial charge in [0, 0.05) is 22.5 Å². The largest absolute Gasteiger partial charge is 0.573 e. The molecule has 63 heavy (non-hydrogen) atoms. The highest BCUT2D eigenvalue weighted by Crippen LogP contribution is 2.34. The number of carbonyl (C=O) groups is 4. The van der Waals surface area contributed by atoms with Crippen LogP contribution in [-0.4, -0.2) is 36.2 Å². The first kappa shape index (κ1) is 44.4. The van der Waals surface area contributed by atoms with Crippen LogP contribution in [0.3, 0.4) is 0 Å². The Morgan fingerprint density at radius 2 is 0.921 bits per heavy atom. The van der Waals surface area contributed by atoms with Gasteiger partial charge in [-0.1, -0.05) is 48.6 Å². The number of alkyl halides is 6. The number of benzene rings is 6. The van der Waals surface area contributed by atoms with E-state index < -0.39 is 47.7 Å². The Balaban J connectivity index is 1.14. The van der Waals surface area contributed by atoms with Gasteiger partial charge in [0.05, 0.1) is 11.1 Å². The number of carbonyl (C=O) groups excluding carboxylic acids is 4. The van der Waals surface area contributed by atoms with Crippen molar-refractivity contribution in [3.05, 3.63) is 178 Å². The topological polar surface area (TPSA) is 157 Å². The number of ketones is 2. The molecule has 0 fully saturated rings. The molecule has 0 amide bonds. The van der Waals surface area contributed by atoms with Crippen LogP contribution in [0.15, 0.2) is 140 Å². The smallest absolute Gasteiger partial charge is 0.423 e. The van der Waals surface area contributed by atoms with Crippen molar-refractivity contribution < 1.29 is 64.5 Å². The van der Waals surface area contributed by atoms with Gasteiger partial charge in [-0.15, -0.1) is 26.3 Å². The molecule has 0 aliphatic heterocycles. The second kappa shape index (κ2) is 18.6. The molecule has 0 bridgehead atoms. The van der Waals surface area contributed by atoms with Crippen LogP contribution < -0.4 is 30.4 Å². The molecule has 10 nitrogen and oxygen atoms in total. The number of hydrogen-bond donors (Lipinski definition) is 2. The summed E-state index contributed by atoms with van der Waals surface area (Å²) in [7, 11) is 0. The zero-order chi connectivity index (χ0) is 45.5. The molecule has 6 rings (SSSR count). The van der Waals surface area contributed by atoms with Gasteiger partial charge in [-0.25, -0.2) is 9.59 Å². The third kappa shape index (κ3) is 12.0. The van der Waals surface area contributed by atoms with E-state index in [4.69, 9.17) is 20.9 Å². The molecule has 0 aromatic heterocycles. The van der Waals surface area contributed by atoms with Gasteiger partial charge < -0.3 is 30.4 Å². The molecule has 0 saturated carbocycles. The summed E-state index contributed by atoms with van der Waals surface area (Å²) in [5.74, 6) is -3.26. The fourth-order valence-electron chi connectivity index (χ4n) is 6.00. The number of nitrogen functional groups attached to an aromatic ring is 2. The predicted octanol–water partition coefficient (Wildman–Crippen LogP) is 10.9. The number of allylic oxidation sites excluding steroid dienone is 2. The molecule has 0 unspecified atom stereocenters. The lowest BCUT2D eigenvalue weighted by Crippen LogP contribution is -2.17. The lowest BCUT2D eigenvalue weighted by atomic mass is 9.88. The fraction of sp³-hybridized carbons (Fsp3) is 0.0638. The number of rotatable bonds is 13. The van der Waals surface area contributed by atoms with Gasteiger partial charge in [0.2, 0.25) is 0 Å². The van der Waals surface area contributed by atoms with Gasteiger partial charge >= 0.3 is 24.7 Å². The van der Waals surface area contributed by atoms with E-state index in [2.05, 4.69) is 9.47 Å². The SMILES string of the molecule is Cc1c(N)ccc(-c2ccc(N)cc2C(=O)C=Cc2ccc(OC(=O)c3ccc(OC(F)(F)F)cc3)cc2)c1C(=O)C=Cc1ccc(OC(=O)c2ccc(OC(F)(F)F)cc2)cc1. The molecule has 0 spiro atoms. The van der Waals surface area contributed by atoms with Crippen LogP contribution >= 0.6 is 0 Å². The highest BCUT2D eigenvalue weighted by Gasteiger charge is 2.32. The zero-order valence-corrected chi connectivity index (χ0v) is 32.6. The average molecular weight is 867 g/mol. The number of nitrogens with two attached hydrogens (primary N) is 2. The summed E-state index contributed by atoms with van der Waals surface area (Å²) >= 11 is 0. The molecule has 0 saturated heterocycles. The molecule has 0 aliphatic carbocycles. The Hall–Kier alpha value is -8.14. The maximum atomic E-state index is 13.9. The van der Waals surface area contributed by atoms with Gasteiger partial charge in [-0.3, -0.25) is 9.59 Å². The van der Waals surface area contributed by atoms with Crippen molar-refractivity contribution >= 4 is 47.0 Å². The van der Waals surface area contributed by atoms with Crippen LogP contribution in [0.2, 0.25) is 0 Å².